The second kappa shape index (κ2) is 5.45. The van der Waals surface area contributed by atoms with Gasteiger partial charge in [0.25, 0.3) is 0 Å². The molecule has 0 aliphatic carbocycles. The topological polar surface area (TPSA) is 97.0 Å². The molecule has 2 heterocycles. The zero-order valence-electron chi connectivity index (χ0n) is 11.5. The summed E-state index contributed by atoms with van der Waals surface area (Å²) in [7, 11) is -3.69. The zero-order valence-corrected chi connectivity index (χ0v) is 12.4. The van der Waals surface area contributed by atoms with Crippen molar-refractivity contribution in [3.63, 3.8) is 0 Å². The third-order valence-corrected chi connectivity index (χ3v) is 4.93. The van der Waals surface area contributed by atoms with Gasteiger partial charge in [-0.1, -0.05) is 12.1 Å². The third-order valence-electron chi connectivity index (χ3n) is 3.36. The van der Waals surface area contributed by atoms with Crippen LogP contribution < -0.4 is 9.46 Å². The molecule has 0 saturated heterocycles. The number of sulfonamides is 1. The molecule has 0 spiro atoms. The van der Waals surface area contributed by atoms with E-state index in [-0.39, 0.29) is 4.90 Å². The Bertz CT molecular complexity index is 728. The Morgan fingerprint density at radius 3 is 3.05 bits per heavy atom. The van der Waals surface area contributed by atoms with Gasteiger partial charge in [0.2, 0.25) is 10.0 Å². The second-order valence-electron chi connectivity index (χ2n) is 4.91. The Balaban J connectivity index is 1.92. The fourth-order valence-electron chi connectivity index (χ4n) is 2.35. The van der Waals surface area contributed by atoms with Gasteiger partial charge in [0.05, 0.1) is 12.6 Å². The van der Waals surface area contributed by atoms with Gasteiger partial charge >= 0.3 is 0 Å². The number of para-hydroxylation sites is 1. The number of aryl methyl sites for hydroxylation is 1. The van der Waals surface area contributed by atoms with E-state index >= 15 is 0 Å². The van der Waals surface area contributed by atoms with Crippen molar-refractivity contribution < 1.29 is 13.2 Å². The smallest absolute Gasteiger partial charge is 0.244 e. The average Bonchev–Trinajstić information content (AvgIpc) is 3.00. The molecule has 1 aromatic heterocycles. The molecule has 112 valence electrons. The van der Waals surface area contributed by atoms with Crippen LogP contribution in [0.3, 0.4) is 0 Å². The highest BCUT2D eigenvalue weighted by Crippen LogP contribution is 2.32. The Labute approximate surface area is 122 Å². The van der Waals surface area contributed by atoms with Crippen molar-refractivity contribution in [2.75, 3.05) is 6.61 Å². The van der Waals surface area contributed by atoms with Gasteiger partial charge in [-0.3, -0.25) is 5.10 Å². The molecule has 2 aromatic rings. The first-order valence-electron chi connectivity index (χ1n) is 6.70. The quantitative estimate of drug-likeness (QED) is 0.883. The fourth-order valence-corrected chi connectivity index (χ4v) is 3.74. The van der Waals surface area contributed by atoms with Gasteiger partial charge in [-0.2, -0.15) is 5.10 Å². The monoisotopic (exact) mass is 308 g/mol. The highest BCUT2D eigenvalue weighted by atomic mass is 32.2. The van der Waals surface area contributed by atoms with Crippen LogP contribution in [0.1, 0.15) is 30.8 Å². The molecular formula is C13H16N4O3S. The van der Waals surface area contributed by atoms with Crippen molar-refractivity contribution in [2.45, 2.75) is 30.7 Å². The molecule has 1 atom stereocenters. The van der Waals surface area contributed by atoms with Crippen LogP contribution in [0.15, 0.2) is 29.4 Å². The molecule has 21 heavy (non-hydrogen) atoms. The summed E-state index contributed by atoms with van der Waals surface area (Å²) in [6, 6.07) is 4.69. The van der Waals surface area contributed by atoms with Crippen LogP contribution in [0.2, 0.25) is 0 Å². The minimum atomic E-state index is -3.69. The SMILES string of the molecule is CC(NS(=O)(=O)c1cccc2c1OCCC2)c1ncn[nH]1. The summed E-state index contributed by atoms with van der Waals surface area (Å²) in [4.78, 5) is 4.13. The first-order valence-corrected chi connectivity index (χ1v) is 8.18. The highest BCUT2D eigenvalue weighted by molar-refractivity contribution is 7.89. The molecule has 2 N–H and O–H groups in total. The standard InChI is InChI=1S/C13H16N4O3S/c1-9(13-14-8-15-16-13)17-21(18,19)11-6-2-4-10-5-3-7-20-12(10)11/h2,4,6,8-9,17H,3,5,7H2,1H3,(H,14,15,16). The van der Waals surface area contributed by atoms with E-state index in [1.54, 1.807) is 19.1 Å². The lowest BCUT2D eigenvalue weighted by atomic mass is 10.1. The van der Waals surface area contributed by atoms with Crippen molar-refractivity contribution >= 4 is 10.0 Å². The zero-order chi connectivity index (χ0) is 14.9. The van der Waals surface area contributed by atoms with Crippen LogP contribution >= 0.6 is 0 Å². The Hall–Kier alpha value is -1.93. The third kappa shape index (κ3) is 2.77. The predicted molar refractivity (Wildman–Crippen MR) is 75.4 cm³/mol. The van der Waals surface area contributed by atoms with Gasteiger partial charge in [-0.05, 0) is 31.4 Å². The van der Waals surface area contributed by atoms with Crippen molar-refractivity contribution in [1.82, 2.24) is 19.9 Å². The van der Waals surface area contributed by atoms with Crippen LogP contribution in [-0.4, -0.2) is 30.2 Å². The minimum absolute atomic E-state index is 0.172. The molecule has 0 fully saturated rings. The molecular weight excluding hydrogens is 292 g/mol. The lowest BCUT2D eigenvalue weighted by Gasteiger charge is -2.21. The van der Waals surface area contributed by atoms with Gasteiger partial charge in [0.15, 0.2) is 0 Å². The largest absolute Gasteiger partial charge is 0.492 e. The molecule has 0 saturated carbocycles. The number of nitrogens with one attached hydrogen (secondary N) is 2. The Morgan fingerprint density at radius 1 is 1.43 bits per heavy atom. The number of ether oxygens (including phenoxy) is 1. The summed E-state index contributed by atoms with van der Waals surface area (Å²) in [6.45, 7) is 2.24. The fraction of sp³-hybridized carbons (Fsp3) is 0.385. The molecule has 0 bridgehead atoms. The number of aromatic nitrogens is 3. The van der Waals surface area contributed by atoms with E-state index in [1.165, 1.54) is 6.33 Å². The van der Waals surface area contributed by atoms with Gasteiger partial charge in [-0.15, -0.1) is 0 Å². The summed E-state index contributed by atoms with van der Waals surface area (Å²) in [5, 5.41) is 6.37. The van der Waals surface area contributed by atoms with Gasteiger partial charge in [0.1, 0.15) is 22.8 Å². The summed E-state index contributed by atoms with van der Waals surface area (Å²) in [6.07, 6.45) is 3.07. The number of aromatic amines is 1. The number of hydrogen-bond donors (Lipinski definition) is 2. The molecule has 1 unspecified atom stereocenters. The van der Waals surface area contributed by atoms with E-state index in [2.05, 4.69) is 19.9 Å². The molecule has 0 radical (unpaired) electrons. The first-order chi connectivity index (χ1) is 10.1. The van der Waals surface area contributed by atoms with Gasteiger partial charge in [-0.25, -0.2) is 18.1 Å². The maximum atomic E-state index is 12.6. The van der Waals surface area contributed by atoms with Crippen LogP contribution in [0.5, 0.6) is 5.75 Å². The second-order valence-corrected chi connectivity index (χ2v) is 6.59. The number of benzene rings is 1. The molecule has 1 aliphatic heterocycles. The molecule has 8 heteroatoms. The minimum Gasteiger partial charge on any atom is -0.492 e. The van der Waals surface area contributed by atoms with Crippen LogP contribution in [0.25, 0.3) is 0 Å². The Kier molecular flexibility index (Phi) is 3.64. The summed E-state index contributed by atoms with van der Waals surface area (Å²) in [5.41, 5.74) is 0.927. The van der Waals surface area contributed by atoms with E-state index in [0.717, 1.165) is 18.4 Å². The molecule has 1 aromatic carbocycles. The molecule has 1 aliphatic rings. The van der Waals surface area contributed by atoms with E-state index in [1.807, 2.05) is 6.07 Å². The summed E-state index contributed by atoms with van der Waals surface area (Å²) >= 11 is 0. The van der Waals surface area contributed by atoms with Crippen molar-refractivity contribution in [3.05, 3.63) is 35.9 Å². The molecule has 0 amide bonds. The van der Waals surface area contributed by atoms with Gasteiger partial charge in [0, 0.05) is 0 Å². The van der Waals surface area contributed by atoms with Gasteiger partial charge < -0.3 is 4.74 Å². The number of H-pyrrole nitrogens is 1. The van der Waals surface area contributed by atoms with E-state index in [0.29, 0.717) is 18.2 Å². The molecule has 3 rings (SSSR count). The Morgan fingerprint density at radius 2 is 2.29 bits per heavy atom. The lowest BCUT2D eigenvalue weighted by Crippen LogP contribution is -2.28. The number of fused-ring (bicyclic) bond motifs is 1. The van der Waals surface area contributed by atoms with Crippen LogP contribution in [-0.2, 0) is 16.4 Å². The number of rotatable bonds is 4. The predicted octanol–water partition coefficient (Wildman–Crippen LogP) is 1.17. The summed E-state index contributed by atoms with van der Waals surface area (Å²) in [5.74, 6) is 0.922. The summed E-state index contributed by atoms with van der Waals surface area (Å²) < 4.78 is 33.3. The van der Waals surface area contributed by atoms with E-state index in [4.69, 9.17) is 4.74 Å². The molecule has 7 nitrogen and oxygen atoms in total. The normalized spacial score (nSPS) is 16.0. The number of nitrogens with zero attached hydrogens (tertiary/aromatic N) is 2. The van der Waals surface area contributed by atoms with Crippen LogP contribution in [0, 0.1) is 0 Å². The van der Waals surface area contributed by atoms with E-state index in [9.17, 15) is 8.42 Å². The van der Waals surface area contributed by atoms with Crippen LogP contribution in [0.4, 0.5) is 0 Å². The van der Waals surface area contributed by atoms with Crippen molar-refractivity contribution in [2.24, 2.45) is 0 Å². The maximum Gasteiger partial charge on any atom is 0.244 e. The van der Waals surface area contributed by atoms with Crippen molar-refractivity contribution in [1.29, 1.82) is 0 Å². The average molecular weight is 308 g/mol. The van der Waals surface area contributed by atoms with Crippen molar-refractivity contribution in [3.8, 4) is 5.75 Å². The first kappa shape index (κ1) is 14.0. The maximum absolute atomic E-state index is 12.6. The highest BCUT2D eigenvalue weighted by Gasteiger charge is 2.26. The lowest BCUT2D eigenvalue weighted by molar-refractivity contribution is 0.280. The van der Waals surface area contributed by atoms with E-state index < -0.39 is 16.1 Å². The number of hydrogen-bond acceptors (Lipinski definition) is 5.